The molecule has 3 nitrogen and oxygen atoms in total. The van der Waals surface area contributed by atoms with E-state index in [4.69, 9.17) is 0 Å². The molecule has 0 bridgehead atoms. The number of amides is 1. The van der Waals surface area contributed by atoms with Crippen LogP contribution in [-0.4, -0.2) is 17.0 Å². The molecule has 0 aliphatic carbocycles. The minimum atomic E-state index is -4.40. The summed E-state index contributed by atoms with van der Waals surface area (Å²) in [6.07, 6.45) is -2.46. The van der Waals surface area contributed by atoms with Crippen molar-refractivity contribution in [1.29, 1.82) is 0 Å². The second-order valence-corrected chi connectivity index (χ2v) is 5.40. The number of alkyl halides is 3. The quantitative estimate of drug-likeness (QED) is 0.767. The van der Waals surface area contributed by atoms with Crippen molar-refractivity contribution in [2.75, 3.05) is 6.54 Å². The number of rotatable bonds is 4. The molecule has 0 radical (unpaired) electrons. The van der Waals surface area contributed by atoms with Crippen LogP contribution in [0.1, 0.15) is 15.9 Å². The minimum Gasteiger partial charge on any atom is -0.350 e. The standard InChI is InChI=1S/C18H15F3N2O/c19-18(20,21)15-7-5-14(6-8-15)17(24)22-10-12-23-11-9-13-3-1-2-4-16(13)23/h1-9,11H,10,12H2,(H,22,24). The molecule has 1 N–H and O–H groups in total. The fourth-order valence-electron chi connectivity index (χ4n) is 2.54. The fraction of sp³-hybridized carbons (Fsp3) is 0.167. The smallest absolute Gasteiger partial charge is 0.350 e. The molecule has 1 heterocycles. The number of nitrogens with one attached hydrogen (secondary N) is 1. The number of benzene rings is 2. The number of hydrogen-bond acceptors (Lipinski definition) is 1. The highest BCUT2D eigenvalue weighted by Gasteiger charge is 2.30. The average molecular weight is 332 g/mol. The van der Waals surface area contributed by atoms with Gasteiger partial charge in [-0.25, -0.2) is 0 Å². The first-order valence-corrected chi connectivity index (χ1v) is 7.44. The summed E-state index contributed by atoms with van der Waals surface area (Å²) < 4.78 is 39.5. The summed E-state index contributed by atoms with van der Waals surface area (Å²) in [6, 6.07) is 14.1. The van der Waals surface area contributed by atoms with Crippen LogP contribution in [0.5, 0.6) is 0 Å². The molecule has 0 saturated carbocycles. The van der Waals surface area contributed by atoms with Crippen molar-refractivity contribution in [2.45, 2.75) is 12.7 Å². The monoisotopic (exact) mass is 332 g/mol. The molecule has 0 saturated heterocycles. The number of nitrogens with zero attached hydrogens (tertiary/aromatic N) is 1. The van der Waals surface area contributed by atoms with Gasteiger partial charge in [-0.2, -0.15) is 13.2 Å². The van der Waals surface area contributed by atoms with Crippen molar-refractivity contribution >= 4 is 16.8 Å². The molecule has 6 heteroatoms. The van der Waals surface area contributed by atoms with Crippen molar-refractivity contribution in [3.63, 3.8) is 0 Å². The molecule has 124 valence electrons. The molecule has 1 amide bonds. The fourth-order valence-corrected chi connectivity index (χ4v) is 2.54. The van der Waals surface area contributed by atoms with Crippen LogP contribution < -0.4 is 5.32 Å². The van der Waals surface area contributed by atoms with Crippen LogP contribution in [0, 0.1) is 0 Å². The van der Waals surface area contributed by atoms with Crippen molar-refractivity contribution in [3.05, 3.63) is 71.9 Å². The van der Waals surface area contributed by atoms with Gasteiger partial charge in [0.2, 0.25) is 0 Å². The molecular formula is C18H15F3N2O. The van der Waals surface area contributed by atoms with Gasteiger partial charge in [0.15, 0.2) is 0 Å². The lowest BCUT2D eigenvalue weighted by atomic mass is 10.1. The second kappa shape index (κ2) is 6.39. The molecule has 1 aromatic heterocycles. The maximum atomic E-state index is 12.5. The normalized spacial score (nSPS) is 11.6. The first-order valence-electron chi connectivity index (χ1n) is 7.44. The van der Waals surface area contributed by atoms with Crippen LogP contribution in [0.2, 0.25) is 0 Å². The maximum absolute atomic E-state index is 12.5. The largest absolute Gasteiger partial charge is 0.416 e. The molecule has 0 atom stereocenters. The van der Waals surface area contributed by atoms with E-state index in [1.54, 1.807) is 0 Å². The van der Waals surface area contributed by atoms with E-state index in [1.807, 2.05) is 41.1 Å². The zero-order valence-electron chi connectivity index (χ0n) is 12.7. The van der Waals surface area contributed by atoms with Gasteiger partial charge in [-0.1, -0.05) is 18.2 Å². The third-order valence-corrected chi connectivity index (χ3v) is 3.79. The van der Waals surface area contributed by atoms with Crippen LogP contribution in [0.25, 0.3) is 10.9 Å². The lowest BCUT2D eigenvalue weighted by Crippen LogP contribution is -2.27. The predicted molar refractivity (Wildman–Crippen MR) is 85.7 cm³/mol. The molecule has 0 fully saturated rings. The Kier molecular flexibility index (Phi) is 4.29. The lowest BCUT2D eigenvalue weighted by Gasteiger charge is -2.09. The summed E-state index contributed by atoms with van der Waals surface area (Å²) in [5.41, 5.74) is 0.513. The highest BCUT2D eigenvalue weighted by Crippen LogP contribution is 2.29. The van der Waals surface area contributed by atoms with Crippen molar-refractivity contribution in [3.8, 4) is 0 Å². The highest BCUT2D eigenvalue weighted by atomic mass is 19.4. The number of para-hydroxylation sites is 1. The maximum Gasteiger partial charge on any atom is 0.416 e. The lowest BCUT2D eigenvalue weighted by molar-refractivity contribution is -0.137. The number of hydrogen-bond donors (Lipinski definition) is 1. The molecule has 0 unspecified atom stereocenters. The van der Waals surface area contributed by atoms with Crippen LogP contribution in [0.15, 0.2) is 60.8 Å². The molecule has 0 aliphatic rings. The van der Waals surface area contributed by atoms with Crippen LogP contribution in [-0.2, 0) is 12.7 Å². The summed E-state index contributed by atoms with van der Waals surface area (Å²) in [4.78, 5) is 12.0. The zero-order chi connectivity index (χ0) is 17.2. The molecule has 2 aromatic carbocycles. The first-order chi connectivity index (χ1) is 11.4. The van der Waals surface area contributed by atoms with Gasteiger partial charge in [-0.3, -0.25) is 4.79 Å². The SMILES string of the molecule is O=C(NCCn1ccc2ccccc21)c1ccc(C(F)(F)F)cc1. The molecular weight excluding hydrogens is 317 g/mol. The van der Waals surface area contributed by atoms with E-state index in [0.717, 1.165) is 23.0 Å². The van der Waals surface area contributed by atoms with E-state index in [9.17, 15) is 18.0 Å². The second-order valence-electron chi connectivity index (χ2n) is 5.40. The molecule has 0 aliphatic heterocycles. The van der Waals surface area contributed by atoms with Gasteiger partial charge in [0.25, 0.3) is 5.91 Å². The summed E-state index contributed by atoms with van der Waals surface area (Å²) in [5, 5.41) is 3.84. The van der Waals surface area contributed by atoms with E-state index >= 15 is 0 Å². The number of fused-ring (bicyclic) bond motifs is 1. The van der Waals surface area contributed by atoms with E-state index < -0.39 is 11.7 Å². The van der Waals surface area contributed by atoms with Gasteiger partial charge < -0.3 is 9.88 Å². The van der Waals surface area contributed by atoms with Crippen molar-refractivity contribution < 1.29 is 18.0 Å². The number of carbonyl (C=O) groups is 1. The van der Waals surface area contributed by atoms with Crippen LogP contribution >= 0.6 is 0 Å². The van der Waals surface area contributed by atoms with Crippen LogP contribution in [0.3, 0.4) is 0 Å². The van der Waals surface area contributed by atoms with E-state index in [-0.39, 0.29) is 11.5 Å². The molecule has 0 spiro atoms. The number of aromatic nitrogens is 1. The minimum absolute atomic E-state index is 0.209. The Hall–Kier alpha value is -2.76. The number of carbonyl (C=O) groups excluding carboxylic acids is 1. The predicted octanol–water partition coefficient (Wildman–Crippen LogP) is 4.09. The van der Waals surface area contributed by atoms with E-state index in [2.05, 4.69) is 5.32 Å². The Balaban J connectivity index is 1.59. The Labute approximate surface area is 136 Å². The van der Waals surface area contributed by atoms with Crippen molar-refractivity contribution in [1.82, 2.24) is 9.88 Å². The zero-order valence-corrected chi connectivity index (χ0v) is 12.7. The van der Waals surface area contributed by atoms with Gasteiger partial charge >= 0.3 is 6.18 Å². The molecule has 3 rings (SSSR count). The van der Waals surface area contributed by atoms with Gasteiger partial charge in [0.1, 0.15) is 0 Å². The Morgan fingerprint density at radius 2 is 1.71 bits per heavy atom. The highest BCUT2D eigenvalue weighted by molar-refractivity contribution is 5.94. The van der Waals surface area contributed by atoms with Gasteiger partial charge in [0, 0.05) is 30.4 Å². The summed E-state index contributed by atoms with van der Waals surface area (Å²) >= 11 is 0. The molecule has 24 heavy (non-hydrogen) atoms. The topological polar surface area (TPSA) is 34.0 Å². The summed E-state index contributed by atoms with van der Waals surface area (Å²) in [5.74, 6) is -0.389. The Bertz CT molecular complexity index is 851. The third kappa shape index (κ3) is 3.42. The first kappa shape index (κ1) is 16.1. The van der Waals surface area contributed by atoms with E-state index in [0.29, 0.717) is 13.1 Å². The van der Waals surface area contributed by atoms with Crippen LogP contribution in [0.4, 0.5) is 13.2 Å². The summed E-state index contributed by atoms with van der Waals surface area (Å²) in [7, 11) is 0. The van der Waals surface area contributed by atoms with Gasteiger partial charge in [-0.15, -0.1) is 0 Å². The van der Waals surface area contributed by atoms with E-state index in [1.165, 1.54) is 12.1 Å². The Morgan fingerprint density at radius 1 is 1.00 bits per heavy atom. The summed E-state index contributed by atoms with van der Waals surface area (Å²) in [6.45, 7) is 0.971. The van der Waals surface area contributed by atoms with Gasteiger partial charge in [-0.05, 0) is 41.8 Å². The van der Waals surface area contributed by atoms with Crippen molar-refractivity contribution in [2.24, 2.45) is 0 Å². The number of halogens is 3. The molecule has 3 aromatic rings. The third-order valence-electron chi connectivity index (χ3n) is 3.79. The van der Waals surface area contributed by atoms with Gasteiger partial charge in [0.05, 0.1) is 5.56 Å². The Morgan fingerprint density at radius 3 is 2.42 bits per heavy atom. The average Bonchev–Trinajstić information content (AvgIpc) is 2.97.